The molecule has 2 aromatic rings. The van der Waals surface area contributed by atoms with Gasteiger partial charge in [-0.3, -0.25) is 4.79 Å². The Hall–Kier alpha value is -2.59. The van der Waals surface area contributed by atoms with Crippen LogP contribution in [-0.2, 0) is 10.1 Å². The molecule has 1 fully saturated rings. The first-order valence-electron chi connectivity index (χ1n) is 9.17. The van der Waals surface area contributed by atoms with Crippen molar-refractivity contribution in [3.63, 3.8) is 0 Å². The number of carbonyl (C=O) groups excluding carboxylic acids is 1. The molecule has 30 heavy (non-hydrogen) atoms. The highest BCUT2D eigenvalue weighted by atomic mass is 32.2. The lowest BCUT2D eigenvalue weighted by Gasteiger charge is -2.28. The number of nitrogens with zero attached hydrogens (tertiary/aromatic N) is 1. The van der Waals surface area contributed by atoms with Gasteiger partial charge in [-0.1, -0.05) is 12.1 Å². The zero-order chi connectivity index (χ0) is 21.9. The van der Waals surface area contributed by atoms with Crippen molar-refractivity contribution in [1.82, 2.24) is 4.90 Å². The van der Waals surface area contributed by atoms with Gasteiger partial charge in [0.1, 0.15) is 16.4 Å². The minimum absolute atomic E-state index is 0.0515. The third kappa shape index (κ3) is 5.73. The fraction of sp³-hybridized carbons (Fsp3) is 0.350. The van der Waals surface area contributed by atoms with E-state index in [1.807, 2.05) is 7.05 Å². The highest BCUT2D eigenvalue weighted by Crippen LogP contribution is 2.27. The number of hydrogen-bond donors (Lipinski definition) is 0. The Morgan fingerprint density at radius 1 is 1.03 bits per heavy atom. The Kier molecular flexibility index (Phi) is 6.37. The zero-order valence-corrected chi connectivity index (χ0v) is 16.9. The minimum atomic E-state index is -4.88. The third-order valence-corrected chi connectivity index (χ3v) is 6.02. The average molecular weight is 443 g/mol. The number of Topliss-reactive ketones (excluding diaryl/α,β-unsaturated/α-hetero) is 1. The second-order valence-electron chi connectivity index (χ2n) is 7.03. The Morgan fingerprint density at radius 3 is 2.27 bits per heavy atom. The van der Waals surface area contributed by atoms with E-state index in [0.29, 0.717) is 5.56 Å². The van der Waals surface area contributed by atoms with Gasteiger partial charge in [0.25, 0.3) is 0 Å². The van der Waals surface area contributed by atoms with Crippen LogP contribution in [0.25, 0.3) is 0 Å². The summed E-state index contributed by atoms with van der Waals surface area (Å²) in [6.07, 6.45) is -3.42. The van der Waals surface area contributed by atoms with Gasteiger partial charge in [0.2, 0.25) is 0 Å². The highest BCUT2D eigenvalue weighted by molar-refractivity contribution is 7.87. The molecule has 0 unspecified atom stereocenters. The van der Waals surface area contributed by atoms with Crippen molar-refractivity contribution in [2.45, 2.75) is 24.1 Å². The maximum absolute atomic E-state index is 12.7. The SMILES string of the molecule is CN1CCC(C(=O)c2cccc(OS(=O)(=O)c3ccc(OC(F)(F)F)cc3)c2)CC1. The van der Waals surface area contributed by atoms with E-state index in [4.69, 9.17) is 4.18 Å². The molecule has 0 saturated carbocycles. The molecule has 0 N–H and O–H groups in total. The molecule has 0 atom stereocenters. The fourth-order valence-electron chi connectivity index (χ4n) is 3.19. The number of likely N-dealkylation sites (tertiary alicyclic amines) is 1. The van der Waals surface area contributed by atoms with E-state index in [1.54, 1.807) is 6.07 Å². The second kappa shape index (κ2) is 8.65. The van der Waals surface area contributed by atoms with E-state index in [2.05, 4.69) is 9.64 Å². The molecule has 0 aliphatic carbocycles. The predicted molar refractivity (Wildman–Crippen MR) is 102 cm³/mol. The van der Waals surface area contributed by atoms with E-state index >= 15 is 0 Å². The summed E-state index contributed by atoms with van der Waals surface area (Å²) in [6.45, 7) is 1.63. The summed E-state index contributed by atoms with van der Waals surface area (Å²) in [5, 5.41) is 0. The Balaban J connectivity index is 1.72. The molecule has 3 rings (SSSR count). The van der Waals surface area contributed by atoms with Gasteiger partial charge in [-0.05, 0) is 69.4 Å². The van der Waals surface area contributed by atoms with E-state index in [-0.39, 0.29) is 22.3 Å². The van der Waals surface area contributed by atoms with Crippen LogP contribution in [0.4, 0.5) is 13.2 Å². The number of ether oxygens (including phenoxy) is 1. The molecule has 1 saturated heterocycles. The van der Waals surface area contributed by atoms with Crippen molar-refractivity contribution >= 4 is 15.9 Å². The highest BCUT2D eigenvalue weighted by Gasteiger charge is 2.31. The van der Waals surface area contributed by atoms with Gasteiger partial charge in [-0.15, -0.1) is 13.2 Å². The summed E-state index contributed by atoms with van der Waals surface area (Å²) in [4.78, 5) is 14.5. The van der Waals surface area contributed by atoms with Crippen LogP contribution in [0.3, 0.4) is 0 Å². The first kappa shape index (κ1) is 22.1. The third-order valence-electron chi connectivity index (χ3n) is 4.76. The lowest BCUT2D eigenvalue weighted by Crippen LogP contribution is -2.33. The number of ketones is 1. The van der Waals surface area contributed by atoms with Crippen LogP contribution in [0.1, 0.15) is 23.2 Å². The normalized spacial score (nSPS) is 16.3. The summed E-state index contributed by atoms with van der Waals surface area (Å²) in [7, 11) is -2.32. The van der Waals surface area contributed by atoms with Gasteiger partial charge in [-0.2, -0.15) is 8.42 Å². The number of alkyl halides is 3. The van der Waals surface area contributed by atoms with Crippen molar-refractivity contribution in [3.05, 3.63) is 54.1 Å². The van der Waals surface area contributed by atoms with Crippen LogP contribution in [0.5, 0.6) is 11.5 Å². The number of halogens is 3. The molecule has 1 aliphatic heterocycles. The maximum Gasteiger partial charge on any atom is 0.573 e. The molecule has 1 heterocycles. The summed E-state index contributed by atoms with van der Waals surface area (Å²) >= 11 is 0. The standard InChI is InChI=1S/C20H20F3NO5S/c1-24-11-9-14(10-12-24)19(25)15-3-2-4-17(13-15)29-30(26,27)18-7-5-16(6-8-18)28-20(21,22)23/h2-8,13-14H,9-12H2,1H3. The monoisotopic (exact) mass is 443 g/mol. The average Bonchev–Trinajstić information content (AvgIpc) is 2.67. The van der Waals surface area contributed by atoms with Crippen LogP contribution in [-0.4, -0.2) is 45.6 Å². The van der Waals surface area contributed by atoms with Crippen LogP contribution >= 0.6 is 0 Å². The number of rotatable bonds is 6. The topological polar surface area (TPSA) is 72.9 Å². The number of piperidine rings is 1. The van der Waals surface area contributed by atoms with E-state index in [1.165, 1.54) is 18.2 Å². The van der Waals surface area contributed by atoms with Crippen LogP contribution in [0.15, 0.2) is 53.4 Å². The smallest absolute Gasteiger partial charge is 0.406 e. The maximum atomic E-state index is 12.7. The van der Waals surface area contributed by atoms with Crippen molar-refractivity contribution < 1.29 is 35.3 Å². The first-order valence-corrected chi connectivity index (χ1v) is 10.6. The second-order valence-corrected chi connectivity index (χ2v) is 8.57. The predicted octanol–water partition coefficient (Wildman–Crippen LogP) is 3.88. The molecule has 2 aromatic carbocycles. The Labute approximate surface area is 172 Å². The van der Waals surface area contributed by atoms with Gasteiger partial charge in [0, 0.05) is 11.5 Å². The van der Waals surface area contributed by atoms with Gasteiger partial charge < -0.3 is 13.8 Å². The number of benzene rings is 2. The van der Waals surface area contributed by atoms with Crippen molar-refractivity contribution in [3.8, 4) is 11.5 Å². The van der Waals surface area contributed by atoms with Gasteiger partial charge in [0.15, 0.2) is 5.78 Å². The molecular formula is C20H20F3NO5S. The first-order chi connectivity index (χ1) is 14.0. The molecule has 10 heteroatoms. The lowest BCUT2D eigenvalue weighted by atomic mass is 9.89. The van der Waals surface area contributed by atoms with Crippen molar-refractivity contribution in [2.24, 2.45) is 5.92 Å². The zero-order valence-electron chi connectivity index (χ0n) is 16.1. The molecule has 6 nitrogen and oxygen atoms in total. The quantitative estimate of drug-likeness (QED) is 0.499. The van der Waals surface area contributed by atoms with E-state index < -0.39 is 22.2 Å². The van der Waals surface area contributed by atoms with Crippen LogP contribution in [0, 0.1) is 5.92 Å². The fourth-order valence-corrected chi connectivity index (χ4v) is 4.11. The number of hydrogen-bond acceptors (Lipinski definition) is 6. The van der Waals surface area contributed by atoms with Gasteiger partial charge >= 0.3 is 16.5 Å². The van der Waals surface area contributed by atoms with Crippen LogP contribution in [0.2, 0.25) is 0 Å². The summed E-state index contributed by atoms with van der Waals surface area (Å²) in [5.41, 5.74) is 0.353. The molecule has 0 spiro atoms. The van der Waals surface area contributed by atoms with E-state index in [0.717, 1.165) is 50.2 Å². The molecular weight excluding hydrogens is 423 g/mol. The molecule has 0 radical (unpaired) electrons. The number of carbonyl (C=O) groups is 1. The van der Waals surface area contributed by atoms with Gasteiger partial charge in [0.05, 0.1) is 0 Å². The van der Waals surface area contributed by atoms with Crippen molar-refractivity contribution in [2.75, 3.05) is 20.1 Å². The molecule has 1 aliphatic rings. The Bertz CT molecular complexity index is 998. The summed E-state index contributed by atoms with van der Waals surface area (Å²) < 4.78 is 70.3. The van der Waals surface area contributed by atoms with Crippen molar-refractivity contribution in [1.29, 1.82) is 0 Å². The van der Waals surface area contributed by atoms with E-state index in [9.17, 15) is 26.4 Å². The molecule has 0 aromatic heterocycles. The Morgan fingerprint density at radius 2 is 1.67 bits per heavy atom. The lowest BCUT2D eigenvalue weighted by molar-refractivity contribution is -0.274. The summed E-state index contributed by atoms with van der Waals surface area (Å²) in [5.74, 6) is -0.801. The van der Waals surface area contributed by atoms with Crippen LogP contribution < -0.4 is 8.92 Å². The molecule has 162 valence electrons. The molecule has 0 amide bonds. The minimum Gasteiger partial charge on any atom is -0.406 e. The molecule has 0 bridgehead atoms. The summed E-state index contributed by atoms with van der Waals surface area (Å²) in [6, 6.07) is 9.53. The van der Waals surface area contributed by atoms with Gasteiger partial charge in [-0.25, -0.2) is 0 Å². The largest absolute Gasteiger partial charge is 0.573 e.